The van der Waals surface area contributed by atoms with Crippen LogP contribution in [-0.2, 0) is 20.8 Å². The number of phenols is 1. The van der Waals surface area contributed by atoms with E-state index >= 15 is 0 Å². The Hall–Kier alpha value is 0.153. The second kappa shape index (κ2) is 8.35. The molecule has 1 aromatic rings. The van der Waals surface area contributed by atoms with Crippen LogP contribution in [0.1, 0.15) is 30.9 Å². The molecule has 1 aliphatic rings. The summed E-state index contributed by atoms with van der Waals surface area (Å²) < 4.78 is 0. The summed E-state index contributed by atoms with van der Waals surface area (Å²) in [4.78, 5) is 4.47. The molecule has 2 nitrogen and oxygen atoms in total. The molecule has 0 atom stereocenters. The van der Waals surface area contributed by atoms with Crippen LogP contribution < -0.4 is 0 Å². The molecule has 1 N–H and O–H groups in total. The molecule has 0 aliphatic heterocycles. The van der Waals surface area contributed by atoms with Crippen LogP contribution in [0, 0.1) is 12.8 Å². The third kappa shape index (κ3) is 5.03. The van der Waals surface area contributed by atoms with Crippen LogP contribution in [0.2, 0.25) is 0 Å². The zero-order chi connectivity index (χ0) is 13.5. The Morgan fingerprint density at radius 3 is 2.56 bits per heavy atom. The quantitative estimate of drug-likeness (QED) is 0.779. The summed E-state index contributed by atoms with van der Waals surface area (Å²) >= 11 is -0.826. The van der Waals surface area contributed by atoms with Crippen molar-refractivity contribution in [1.29, 1.82) is 0 Å². The van der Waals surface area contributed by atoms with E-state index in [2.05, 4.69) is 11.9 Å². The minimum atomic E-state index is -0.826. The van der Waals surface area contributed by atoms with Crippen LogP contribution in [0.4, 0.5) is 0 Å². The van der Waals surface area contributed by atoms with Gasteiger partial charge in [0.1, 0.15) is 5.75 Å². The van der Waals surface area contributed by atoms with Crippen molar-refractivity contribution in [3.05, 3.63) is 29.3 Å². The van der Waals surface area contributed by atoms with Crippen LogP contribution in [0.15, 0.2) is 23.2 Å². The number of aryl methyl sites for hydroxylation is 1. The van der Waals surface area contributed by atoms with Crippen LogP contribution in [0.3, 0.4) is 0 Å². The molecule has 0 amide bonds. The summed E-state index contributed by atoms with van der Waals surface area (Å²) in [7, 11) is 9.87. The second-order valence-electron chi connectivity index (χ2n) is 4.59. The number of benzene rings is 1. The van der Waals surface area contributed by atoms with E-state index in [0.717, 1.165) is 17.0 Å². The molecular formula is C13H17Cl2NOZr. The van der Waals surface area contributed by atoms with Crippen molar-refractivity contribution < 1.29 is 26.0 Å². The number of rotatable bonds is 2. The third-order valence-corrected chi connectivity index (χ3v) is 3.04. The standard InChI is InChI=1S/C13H17NO.2ClH.Zr/c1-9-6-12(7-9)14-8-11-5-3-4-10(2)13(11)15;;;/h3-5,8-9,12,15H,6-7H2,1-2H3;2*1H;/q;;;+2/p-2. The Balaban J connectivity index is 0.000000492. The minimum absolute atomic E-state index is 0.355. The van der Waals surface area contributed by atoms with Gasteiger partial charge in [0.25, 0.3) is 0 Å². The fourth-order valence-electron chi connectivity index (χ4n) is 1.95. The Morgan fingerprint density at radius 1 is 1.39 bits per heavy atom. The maximum atomic E-state index is 9.76. The maximum absolute atomic E-state index is 9.76. The molecule has 5 heteroatoms. The number of hydrogen-bond donors (Lipinski definition) is 1. The fraction of sp³-hybridized carbons (Fsp3) is 0.462. The SMILES string of the molecule is Cc1cccc(C=NC2CC(C)C2)c1O.[Cl][Zr][Cl]. The van der Waals surface area contributed by atoms with Crippen molar-refractivity contribution in [1.82, 2.24) is 0 Å². The molecule has 0 unspecified atom stereocenters. The predicted octanol–water partition coefficient (Wildman–Crippen LogP) is 4.29. The van der Waals surface area contributed by atoms with E-state index in [4.69, 9.17) is 17.0 Å². The Bertz CT molecular complexity index is 406. The first-order chi connectivity index (χ1) is 8.58. The van der Waals surface area contributed by atoms with Crippen LogP contribution in [-0.4, -0.2) is 17.4 Å². The topological polar surface area (TPSA) is 32.6 Å². The average Bonchev–Trinajstić information content (AvgIpc) is 2.29. The van der Waals surface area contributed by atoms with Gasteiger partial charge < -0.3 is 5.11 Å². The summed E-state index contributed by atoms with van der Waals surface area (Å²) in [5.74, 6) is 1.17. The van der Waals surface area contributed by atoms with E-state index < -0.39 is 20.8 Å². The van der Waals surface area contributed by atoms with E-state index in [1.54, 1.807) is 6.21 Å². The molecule has 1 saturated carbocycles. The monoisotopic (exact) mass is 363 g/mol. The van der Waals surface area contributed by atoms with Gasteiger partial charge in [0, 0.05) is 11.8 Å². The van der Waals surface area contributed by atoms with Crippen LogP contribution >= 0.6 is 17.0 Å². The van der Waals surface area contributed by atoms with Gasteiger partial charge in [-0.25, -0.2) is 0 Å². The molecule has 1 fully saturated rings. The van der Waals surface area contributed by atoms with Crippen LogP contribution in [0.5, 0.6) is 5.75 Å². The molecule has 0 radical (unpaired) electrons. The summed E-state index contributed by atoms with van der Waals surface area (Å²) in [6.07, 6.45) is 4.17. The molecule has 2 rings (SSSR count). The van der Waals surface area contributed by atoms with Gasteiger partial charge >= 0.3 is 37.9 Å². The van der Waals surface area contributed by atoms with E-state index in [0.29, 0.717) is 11.8 Å². The molecular weight excluding hydrogens is 348 g/mol. The fourth-order valence-corrected chi connectivity index (χ4v) is 1.95. The van der Waals surface area contributed by atoms with Gasteiger partial charge in [0.05, 0.1) is 6.04 Å². The second-order valence-corrected chi connectivity index (χ2v) is 8.32. The van der Waals surface area contributed by atoms with Crippen molar-refractivity contribution in [2.75, 3.05) is 0 Å². The van der Waals surface area contributed by atoms with Crippen molar-refractivity contribution in [3.63, 3.8) is 0 Å². The number of aromatic hydroxyl groups is 1. The Kier molecular flexibility index (Phi) is 7.52. The molecule has 98 valence electrons. The summed E-state index contributed by atoms with van der Waals surface area (Å²) in [5.41, 5.74) is 1.73. The molecule has 0 spiro atoms. The molecule has 0 bridgehead atoms. The first kappa shape index (κ1) is 16.2. The first-order valence-electron chi connectivity index (χ1n) is 5.86. The number of nitrogens with zero attached hydrogens (tertiary/aromatic N) is 1. The molecule has 0 saturated heterocycles. The molecule has 1 aliphatic carbocycles. The van der Waals surface area contributed by atoms with Gasteiger partial charge in [-0.05, 0) is 37.3 Å². The first-order valence-corrected chi connectivity index (χ1v) is 12.2. The average molecular weight is 365 g/mol. The number of phenolic OH excluding ortho intramolecular Hbond substituents is 1. The number of hydrogen-bond acceptors (Lipinski definition) is 2. The zero-order valence-electron chi connectivity index (χ0n) is 10.5. The van der Waals surface area contributed by atoms with E-state index in [-0.39, 0.29) is 0 Å². The summed E-state index contributed by atoms with van der Waals surface area (Å²) in [5, 5.41) is 9.76. The normalized spacial score (nSPS) is 22.0. The third-order valence-electron chi connectivity index (χ3n) is 3.04. The van der Waals surface area contributed by atoms with E-state index in [1.165, 1.54) is 12.8 Å². The Morgan fingerprint density at radius 2 is 2.00 bits per heavy atom. The van der Waals surface area contributed by atoms with Crippen LogP contribution in [0.25, 0.3) is 0 Å². The summed E-state index contributed by atoms with van der Waals surface area (Å²) in [6, 6.07) is 6.21. The van der Waals surface area contributed by atoms with Gasteiger partial charge in [-0.15, -0.1) is 0 Å². The number of para-hydroxylation sites is 1. The van der Waals surface area contributed by atoms with E-state index in [9.17, 15) is 5.11 Å². The van der Waals surface area contributed by atoms with Crippen molar-refractivity contribution >= 4 is 23.2 Å². The summed E-state index contributed by atoms with van der Waals surface area (Å²) in [6.45, 7) is 4.15. The van der Waals surface area contributed by atoms with Gasteiger partial charge in [0.15, 0.2) is 0 Å². The van der Waals surface area contributed by atoms with E-state index in [1.807, 2.05) is 25.1 Å². The van der Waals surface area contributed by atoms with Gasteiger partial charge in [-0.1, -0.05) is 19.1 Å². The number of halogens is 2. The van der Waals surface area contributed by atoms with Gasteiger partial charge in [-0.3, -0.25) is 4.99 Å². The zero-order valence-corrected chi connectivity index (χ0v) is 14.5. The van der Waals surface area contributed by atoms with Crippen molar-refractivity contribution in [3.8, 4) is 5.75 Å². The molecule has 18 heavy (non-hydrogen) atoms. The molecule has 0 heterocycles. The van der Waals surface area contributed by atoms with Gasteiger partial charge in [-0.2, -0.15) is 0 Å². The van der Waals surface area contributed by atoms with Crippen molar-refractivity contribution in [2.24, 2.45) is 10.9 Å². The molecule has 0 aromatic heterocycles. The van der Waals surface area contributed by atoms with Crippen molar-refractivity contribution in [2.45, 2.75) is 32.7 Å². The van der Waals surface area contributed by atoms with Gasteiger partial charge in [0.2, 0.25) is 0 Å². The Labute approximate surface area is 127 Å². The predicted molar refractivity (Wildman–Crippen MR) is 74.3 cm³/mol. The number of aliphatic imine (C=N–C) groups is 1. The molecule has 1 aromatic carbocycles.